The summed E-state index contributed by atoms with van der Waals surface area (Å²) in [6.45, 7) is -0.293. The molecule has 1 aromatic rings. The molecule has 0 aromatic carbocycles. The van der Waals surface area contributed by atoms with Crippen LogP contribution in [-0.2, 0) is 4.79 Å². The Kier molecular flexibility index (Phi) is 3.34. The number of rotatable bonds is 2. The maximum atomic E-state index is 12.6. The fraction of sp³-hybridized carbons (Fsp3) is 0.545. The SMILES string of the molecule is O=C(O)C1CC(C(F)(F)F)CNC1c1ccco1. The van der Waals surface area contributed by atoms with Crippen molar-refractivity contribution in [3.05, 3.63) is 24.2 Å². The quantitative estimate of drug-likeness (QED) is 0.858. The van der Waals surface area contributed by atoms with Gasteiger partial charge in [0.05, 0.1) is 24.1 Å². The number of hydrogen-bond donors (Lipinski definition) is 2. The Labute approximate surface area is 101 Å². The summed E-state index contributed by atoms with van der Waals surface area (Å²) in [5.74, 6) is -3.68. The highest BCUT2D eigenvalue weighted by Crippen LogP contribution is 2.39. The first kappa shape index (κ1) is 12.9. The first-order valence-corrected chi connectivity index (χ1v) is 5.46. The summed E-state index contributed by atoms with van der Waals surface area (Å²) in [7, 11) is 0. The molecule has 7 heteroatoms. The third kappa shape index (κ3) is 2.50. The summed E-state index contributed by atoms with van der Waals surface area (Å²) in [6, 6.07) is 2.42. The van der Waals surface area contributed by atoms with E-state index < -0.39 is 36.4 Å². The molecule has 0 spiro atoms. The molecule has 4 nitrogen and oxygen atoms in total. The van der Waals surface area contributed by atoms with Crippen LogP contribution in [0.4, 0.5) is 13.2 Å². The highest BCUT2D eigenvalue weighted by Gasteiger charge is 2.47. The number of aliphatic carboxylic acids is 1. The molecule has 18 heavy (non-hydrogen) atoms. The van der Waals surface area contributed by atoms with Gasteiger partial charge in [0.1, 0.15) is 5.76 Å². The summed E-state index contributed by atoms with van der Waals surface area (Å²) in [5.41, 5.74) is 0. The van der Waals surface area contributed by atoms with E-state index in [0.717, 1.165) is 0 Å². The first-order chi connectivity index (χ1) is 8.39. The summed E-state index contributed by atoms with van der Waals surface area (Å²) >= 11 is 0. The second kappa shape index (κ2) is 4.64. The van der Waals surface area contributed by atoms with Gasteiger partial charge in [-0.25, -0.2) is 0 Å². The molecule has 100 valence electrons. The molecule has 0 amide bonds. The third-order valence-electron chi connectivity index (χ3n) is 3.15. The summed E-state index contributed by atoms with van der Waals surface area (Å²) in [4.78, 5) is 11.1. The van der Waals surface area contributed by atoms with Crippen molar-refractivity contribution in [3.63, 3.8) is 0 Å². The summed E-state index contributed by atoms with van der Waals surface area (Å²) in [6.07, 6.45) is -3.45. The molecular weight excluding hydrogens is 251 g/mol. The Bertz CT molecular complexity index is 416. The molecule has 0 saturated carbocycles. The first-order valence-electron chi connectivity index (χ1n) is 5.46. The Morgan fingerprint density at radius 2 is 2.22 bits per heavy atom. The van der Waals surface area contributed by atoms with Crippen molar-refractivity contribution in [1.29, 1.82) is 0 Å². The average Bonchev–Trinajstić information content (AvgIpc) is 2.80. The molecule has 0 bridgehead atoms. The van der Waals surface area contributed by atoms with Crippen molar-refractivity contribution in [2.75, 3.05) is 6.54 Å². The second-order valence-corrected chi connectivity index (χ2v) is 4.32. The van der Waals surface area contributed by atoms with Crippen molar-refractivity contribution >= 4 is 5.97 Å². The van der Waals surface area contributed by atoms with E-state index in [1.165, 1.54) is 6.26 Å². The minimum atomic E-state index is -4.38. The van der Waals surface area contributed by atoms with Gasteiger partial charge in [0.25, 0.3) is 0 Å². The number of carboxylic acid groups (broad SMARTS) is 1. The van der Waals surface area contributed by atoms with Crippen LogP contribution in [0.3, 0.4) is 0 Å². The molecule has 1 aliphatic rings. The van der Waals surface area contributed by atoms with Crippen LogP contribution in [0, 0.1) is 11.8 Å². The fourth-order valence-electron chi connectivity index (χ4n) is 2.20. The van der Waals surface area contributed by atoms with Crippen LogP contribution in [0.5, 0.6) is 0 Å². The number of carboxylic acids is 1. The number of hydrogen-bond acceptors (Lipinski definition) is 3. The molecule has 2 rings (SSSR count). The van der Waals surface area contributed by atoms with Crippen LogP contribution in [0.15, 0.2) is 22.8 Å². The van der Waals surface area contributed by atoms with Gasteiger partial charge in [-0.15, -0.1) is 0 Å². The van der Waals surface area contributed by atoms with Crippen molar-refractivity contribution < 1.29 is 27.5 Å². The number of piperidine rings is 1. The number of carbonyl (C=O) groups is 1. The zero-order valence-electron chi connectivity index (χ0n) is 9.28. The largest absolute Gasteiger partial charge is 0.481 e. The average molecular weight is 263 g/mol. The lowest BCUT2D eigenvalue weighted by molar-refractivity contribution is -0.187. The van der Waals surface area contributed by atoms with Gasteiger partial charge in [0, 0.05) is 6.54 Å². The van der Waals surface area contributed by atoms with Crippen molar-refractivity contribution in [2.45, 2.75) is 18.6 Å². The molecular formula is C11H12F3NO3. The van der Waals surface area contributed by atoms with E-state index in [1.54, 1.807) is 12.1 Å². The summed E-state index contributed by atoms with van der Waals surface area (Å²) in [5, 5.41) is 11.7. The van der Waals surface area contributed by atoms with E-state index in [9.17, 15) is 18.0 Å². The highest BCUT2D eigenvalue weighted by atomic mass is 19.4. The van der Waals surface area contributed by atoms with Crippen LogP contribution in [0.1, 0.15) is 18.2 Å². The van der Waals surface area contributed by atoms with E-state index in [4.69, 9.17) is 9.52 Å². The molecule has 1 saturated heterocycles. The van der Waals surface area contributed by atoms with E-state index in [2.05, 4.69) is 5.32 Å². The predicted octanol–water partition coefficient (Wildman–Crippen LogP) is 2.19. The van der Waals surface area contributed by atoms with Crippen molar-refractivity contribution in [3.8, 4) is 0 Å². The Morgan fingerprint density at radius 3 is 2.72 bits per heavy atom. The van der Waals surface area contributed by atoms with Gasteiger partial charge in [-0.2, -0.15) is 13.2 Å². The second-order valence-electron chi connectivity index (χ2n) is 4.32. The predicted molar refractivity (Wildman–Crippen MR) is 54.7 cm³/mol. The van der Waals surface area contributed by atoms with Crippen molar-refractivity contribution in [1.82, 2.24) is 5.32 Å². The third-order valence-corrected chi connectivity index (χ3v) is 3.15. The van der Waals surface area contributed by atoms with E-state index in [1.807, 2.05) is 0 Å². The Morgan fingerprint density at radius 1 is 1.50 bits per heavy atom. The number of nitrogens with one attached hydrogen (secondary N) is 1. The molecule has 0 radical (unpaired) electrons. The van der Waals surface area contributed by atoms with Gasteiger partial charge in [-0.05, 0) is 18.6 Å². The smallest absolute Gasteiger partial charge is 0.393 e. The normalized spacial score (nSPS) is 29.2. The van der Waals surface area contributed by atoms with Gasteiger partial charge < -0.3 is 14.8 Å². The lowest BCUT2D eigenvalue weighted by atomic mass is 9.83. The van der Waals surface area contributed by atoms with Crippen molar-refractivity contribution in [2.24, 2.45) is 11.8 Å². The molecule has 3 unspecified atom stereocenters. The van der Waals surface area contributed by atoms with E-state index >= 15 is 0 Å². The number of halogens is 3. The number of alkyl halides is 3. The van der Waals surface area contributed by atoms with Crippen LogP contribution < -0.4 is 5.32 Å². The van der Waals surface area contributed by atoms with Gasteiger partial charge >= 0.3 is 12.1 Å². The molecule has 1 aromatic heterocycles. The Balaban J connectivity index is 2.18. The van der Waals surface area contributed by atoms with Crippen LogP contribution >= 0.6 is 0 Å². The van der Waals surface area contributed by atoms with Gasteiger partial charge in [0.15, 0.2) is 0 Å². The van der Waals surface area contributed by atoms with Gasteiger partial charge in [-0.3, -0.25) is 4.79 Å². The zero-order valence-corrected chi connectivity index (χ0v) is 9.28. The van der Waals surface area contributed by atoms with Crippen LogP contribution in [-0.4, -0.2) is 23.8 Å². The van der Waals surface area contributed by atoms with E-state index in [0.29, 0.717) is 5.76 Å². The minimum absolute atomic E-state index is 0.293. The lowest BCUT2D eigenvalue weighted by Crippen LogP contribution is -2.47. The van der Waals surface area contributed by atoms with Gasteiger partial charge in [0.2, 0.25) is 0 Å². The zero-order chi connectivity index (χ0) is 13.3. The molecule has 2 heterocycles. The molecule has 3 atom stereocenters. The fourth-order valence-corrected chi connectivity index (χ4v) is 2.20. The summed E-state index contributed by atoms with van der Waals surface area (Å²) < 4.78 is 42.8. The lowest BCUT2D eigenvalue weighted by Gasteiger charge is -2.34. The van der Waals surface area contributed by atoms with Crippen LogP contribution in [0.2, 0.25) is 0 Å². The monoisotopic (exact) mass is 263 g/mol. The topological polar surface area (TPSA) is 62.5 Å². The van der Waals surface area contributed by atoms with Gasteiger partial charge in [-0.1, -0.05) is 0 Å². The molecule has 0 aliphatic carbocycles. The van der Waals surface area contributed by atoms with Crippen LogP contribution in [0.25, 0.3) is 0 Å². The molecule has 1 aliphatic heterocycles. The maximum Gasteiger partial charge on any atom is 0.393 e. The molecule has 2 N–H and O–H groups in total. The minimum Gasteiger partial charge on any atom is -0.481 e. The number of furan rings is 1. The standard InChI is InChI=1S/C11H12F3NO3/c12-11(13,14)6-4-7(10(16)17)9(15-5-6)8-2-1-3-18-8/h1-3,6-7,9,15H,4-5H2,(H,16,17). The maximum absolute atomic E-state index is 12.6. The Hall–Kier alpha value is -1.50. The van der Waals surface area contributed by atoms with E-state index in [-0.39, 0.29) is 6.54 Å². The molecule has 1 fully saturated rings. The highest BCUT2D eigenvalue weighted by molar-refractivity contribution is 5.71.